The van der Waals surface area contributed by atoms with Gasteiger partial charge in [0.25, 0.3) is 0 Å². The predicted molar refractivity (Wildman–Crippen MR) is 110 cm³/mol. The molecule has 0 aliphatic rings. The normalized spacial score (nSPS) is 12.4. The highest BCUT2D eigenvalue weighted by Crippen LogP contribution is 2.19. The van der Waals surface area contributed by atoms with E-state index in [1.54, 1.807) is 29.8 Å². The summed E-state index contributed by atoms with van der Waals surface area (Å²) < 4.78 is 0. The molecule has 1 rings (SSSR count). The zero-order valence-electron chi connectivity index (χ0n) is 16.0. The van der Waals surface area contributed by atoms with Crippen molar-refractivity contribution >= 4 is 17.7 Å². The molecule has 0 saturated carbocycles. The summed E-state index contributed by atoms with van der Waals surface area (Å²) >= 11 is 0. The zero-order chi connectivity index (χ0) is 20.2. The van der Waals surface area contributed by atoms with Gasteiger partial charge in [0.15, 0.2) is 0 Å². The second-order valence-electron chi connectivity index (χ2n) is 5.95. The molecule has 0 unspecified atom stereocenters. The van der Waals surface area contributed by atoms with Gasteiger partial charge in [-0.1, -0.05) is 29.6 Å². The highest BCUT2D eigenvalue weighted by atomic mass is 16.5. The molecule has 0 radical (unpaired) electrons. The number of nitrogens with zero attached hydrogens (tertiary/aromatic N) is 1. The van der Waals surface area contributed by atoms with Crippen molar-refractivity contribution < 1.29 is 10.0 Å². The average molecular weight is 363 g/mol. The van der Waals surface area contributed by atoms with Crippen molar-refractivity contribution in [2.45, 2.75) is 33.6 Å². The Balaban J connectivity index is 2.75. The molecule has 0 aliphatic heterocycles. The van der Waals surface area contributed by atoms with E-state index in [0.717, 1.165) is 28.9 Å². The molecule has 3 N–H and O–H groups in total. The molecule has 0 aliphatic carbocycles. The SMILES string of the molecule is C#CC=Cc1[nH]c(C)c(CCN=C(C#C)/C=C\C(C)=C/CC(=O)NO)c1C. The quantitative estimate of drug-likeness (QED) is 0.218. The average Bonchev–Trinajstić information content (AvgIpc) is 2.94. The van der Waals surface area contributed by atoms with Gasteiger partial charge in [0.05, 0.1) is 0 Å². The van der Waals surface area contributed by atoms with E-state index in [1.807, 2.05) is 19.9 Å². The van der Waals surface area contributed by atoms with Crippen LogP contribution in [0.25, 0.3) is 6.08 Å². The van der Waals surface area contributed by atoms with E-state index in [4.69, 9.17) is 18.1 Å². The summed E-state index contributed by atoms with van der Waals surface area (Å²) in [5, 5.41) is 8.47. The Morgan fingerprint density at radius 2 is 2.07 bits per heavy atom. The number of aromatic nitrogens is 1. The van der Waals surface area contributed by atoms with Gasteiger partial charge in [0, 0.05) is 24.4 Å². The van der Waals surface area contributed by atoms with Gasteiger partial charge in [-0.15, -0.1) is 12.8 Å². The smallest absolute Gasteiger partial charge is 0.247 e. The van der Waals surface area contributed by atoms with Gasteiger partial charge < -0.3 is 4.98 Å². The highest BCUT2D eigenvalue weighted by Gasteiger charge is 2.08. The van der Waals surface area contributed by atoms with Crippen LogP contribution in [-0.2, 0) is 11.2 Å². The topological polar surface area (TPSA) is 77.5 Å². The van der Waals surface area contributed by atoms with Crippen molar-refractivity contribution in [1.29, 1.82) is 0 Å². The lowest BCUT2D eigenvalue weighted by molar-refractivity contribution is -0.128. The number of aromatic amines is 1. The number of hydrogen-bond donors (Lipinski definition) is 3. The Bertz CT molecular complexity index is 869. The van der Waals surface area contributed by atoms with Crippen molar-refractivity contribution in [2.75, 3.05) is 6.54 Å². The number of rotatable bonds is 8. The zero-order valence-corrected chi connectivity index (χ0v) is 16.0. The second-order valence-corrected chi connectivity index (χ2v) is 5.95. The molecule has 0 aromatic carbocycles. The van der Waals surface area contributed by atoms with Gasteiger partial charge in [-0.05, 0) is 56.5 Å². The lowest BCUT2D eigenvalue weighted by atomic mass is 10.1. The molecule has 27 heavy (non-hydrogen) atoms. The van der Waals surface area contributed by atoms with Gasteiger partial charge in [-0.2, -0.15) is 0 Å². The summed E-state index contributed by atoms with van der Waals surface area (Å²) in [6.45, 7) is 6.49. The van der Waals surface area contributed by atoms with E-state index in [9.17, 15) is 4.79 Å². The van der Waals surface area contributed by atoms with Crippen LogP contribution in [0.4, 0.5) is 0 Å². The molecule has 140 valence electrons. The number of nitrogens with one attached hydrogen (secondary N) is 2. The molecule has 0 fully saturated rings. The van der Waals surface area contributed by atoms with Crippen LogP contribution in [0, 0.1) is 38.5 Å². The van der Waals surface area contributed by atoms with Gasteiger partial charge in [-0.25, -0.2) is 5.48 Å². The molecular weight excluding hydrogens is 338 g/mol. The Kier molecular flexibility index (Phi) is 9.15. The van der Waals surface area contributed by atoms with Crippen molar-refractivity contribution in [1.82, 2.24) is 10.5 Å². The van der Waals surface area contributed by atoms with E-state index >= 15 is 0 Å². The first kappa shape index (κ1) is 21.8. The molecule has 0 spiro atoms. The van der Waals surface area contributed by atoms with Crippen molar-refractivity contribution in [2.24, 2.45) is 4.99 Å². The van der Waals surface area contributed by atoms with E-state index in [2.05, 4.69) is 28.7 Å². The number of carbonyl (C=O) groups excluding carboxylic acids is 1. The van der Waals surface area contributed by atoms with Crippen molar-refractivity contribution in [3.05, 3.63) is 52.4 Å². The van der Waals surface area contributed by atoms with E-state index < -0.39 is 5.91 Å². The number of hydroxylamine groups is 1. The lowest BCUT2D eigenvalue weighted by Gasteiger charge is -2.00. The molecule has 1 heterocycles. The number of terminal acetylenes is 2. The fraction of sp³-hybridized carbons (Fsp3) is 0.273. The maximum atomic E-state index is 11.0. The summed E-state index contributed by atoms with van der Waals surface area (Å²) in [5.41, 5.74) is 7.44. The van der Waals surface area contributed by atoms with Crippen LogP contribution in [0.1, 0.15) is 35.9 Å². The number of carbonyl (C=O) groups is 1. The molecule has 1 aromatic rings. The van der Waals surface area contributed by atoms with Crippen molar-refractivity contribution in [3.8, 4) is 24.7 Å². The van der Waals surface area contributed by atoms with Crippen LogP contribution >= 0.6 is 0 Å². The minimum atomic E-state index is -0.470. The highest BCUT2D eigenvalue weighted by molar-refractivity contribution is 6.08. The van der Waals surface area contributed by atoms with E-state index in [1.165, 1.54) is 5.56 Å². The summed E-state index contributed by atoms with van der Waals surface area (Å²) in [4.78, 5) is 18.8. The molecule has 5 heteroatoms. The third kappa shape index (κ3) is 7.23. The molecule has 0 saturated heterocycles. The summed E-state index contributed by atoms with van der Waals surface area (Å²) in [7, 11) is 0. The number of amides is 1. The Morgan fingerprint density at radius 1 is 1.33 bits per heavy atom. The molecule has 0 atom stereocenters. The minimum Gasteiger partial charge on any atom is -0.359 e. The van der Waals surface area contributed by atoms with Crippen LogP contribution in [0.5, 0.6) is 0 Å². The monoisotopic (exact) mass is 363 g/mol. The van der Waals surface area contributed by atoms with Gasteiger partial charge >= 0.3 is 0 Å². The maximum absolute atomic E-state index is 11.0. The van der Waals surface area contributed by atoms with E-state index in [-0.39, 0.29) is 6.42 Å². The Hall–Kier alpha value is -3.28. The van der Waals surface area contributed by atoms with Gasteiger partial charge in [-0.3, -0.25) is 15.0 Å². The summed E-state index contributed by atoms with van der Waals surface area (Å²) in [6, 6.07) is 0. The molecule has 5 nitrogen and oxygen atoms in total. The molecule has 0 bridgehead atoms. The fourth-order valence-corrected chi connectivity index (χ4v) is 2.50. The summed E-state index contributed by atoms with van der Waals surface area (Å²) in [6.07, 6.45) is 20.4. The second kappa shape index (κ2) is 11.4. The molecule has 1 aromatic heterocycles. The standard InChI is InChI=1S/C22H25N3O2/c1-6-8-9-21-17(4)20(18(5)24-21)14-15-23-19(7-2)12-10-16(3)11-13-22(26)25-27/h1-2,8-12,24,27H,13-15H2,3-5H3,(H,25,26)/b9-8?,12-10-,16-11-,23-19?. The van der Waals surface area contributed by atoms with Crippen LogP contribution in [0.15, 0.2) is 34.9 Å². The Morgan fingerprint density at radius 3 is 2.70 bits per heavy atom. The maximum Gasteiger partial charge on any atom is 0.247 e. The summed E-state index contributed by atoms with van der Waals surface area (Å²) in [5.74, 6) is 4.58. The van der Waals surface area contributed by atoms with Gasteiger partial charge in [0.1, 0.15) is 5.71 Å². The first-order valence-electron chi connectivity index (χ1n) is 8.52. The third-order valence-electron chi connectivity index (χ3n) is 4.01. The first-order chi connectivity index (χ1) is 12.9. The lowest BCUT2D eigenvalue weighted by Crippen LogP contribution is -2.16. The number of hydrogen-bond acceptors (Lipinski definition) is 3. The molecular formula is C22H25N3O2. The molecule has 1 amide bonds. The fourth-order valence-electron chi connectivity index (χ4n) is 2.50. The number of aryl methyl sites for hydroxylation is 1. The minimum absolute atomic E-state index is 0.0949. The van der Waals surface area contributed by atoms with Crippen LogP contribution in [0.3, 0.4) is 0 Å². The number of H-pyrrole nitrogens is 1. The number of aliphatic imine (C=N–C) groups is 1. The van der Waals surface area contributed by atoms with Gasteiger partial charge in [0.2, 0.25) is 5.91 Å². The van der Waals surface area contributed by atoms with Crippen molar-refractivity contribution in [3.63, 3.8) is 0 Å². The van der Waals surface area contributed by atoms with Crippen LogP contribution < -0.4 is 5.48 Å². The third-order valence-corrected chi connectivity index (χ3v) is 4.01. The van der Waals surface area contributed by atoms with E-state index in [0.29, 0.717) is 12.3 Å². The number of allylic oxidation sites excluding steroid dienone is 4. The first-order valence-corrected chi connectivity index (χ1v) is 8.52. The Labute approximate surface area is 160 Å². The van der Waals surface area contributed by atoms with Crippen LogP contribution in [0.2, 0.25) is 0 Å². The largest absolute Gasteiger partial charge is 0.359 e. The van der Waals surface area contributed by atoms with Crippen LogP contribution in [-0.4, -0.2) is 28.4 Å². The predicted octanol–water partition coefficient (Wildman–Crippen LogP) is 3.29.